The first-order chi connectivity index (χ1) is 15.1. The molecule has 3 aliphatic rings. The van der Waals surface area contributed by atoms with Gasteiger partial charge in [-0.05, 0) is 51.4 Å². The Morgan fingerprint density at radius 1 is 0.968 bits per heavy atom. The summed E-state index contributed by atoms with van der Waals surface area (Å²) in [6.45, 7) is 7.67. The highest BCUT2D eigenvalue weighted by molar-refractivity contribution is 5.06. The molecule has 5 nitrogen and oxygen atoms in total. The first kappa shape index (κ1) is 23.2. The van der Waals surface area contributed by atoms with E-state index in [0.717, 1.165) is 32.7 Å². The number of likely N-dealkylation sites (N-methyl/N-ethyl adjacent to an activating group) is 2. The zero-order valence-electron chi connectivity index (χ0n) is 20.2. The summed E-state index contributed by atoms with van der Waals surface area (Å²) >= 11 is 0. The van der Waals surface area contributed by atoms with Gasteiger partial charge in [-0.15, -0.1) is 0 Å². The third-order valence-electron chi connectivity index (χ3n) is 8.35. The molecule has 2 aliphatic carbocycles. The lowest BCUT2D eigenvalue weighted by atomic mass is 9.87. The van der Waals surface area contributed by atoms with E-state index >= 15 is 0 Å². The minimum atomic E-state index is 0.549. The molecule has 2 bridgehead atoms. The first-order valence-electron chi connectivity index (χ1n) is 12.8. The molecule has 0 aromatic carbocycles. The van der Waals surface area contributed by atoms with Crippen LogP contribution < -0.4 is 9.88 Å². The number of aromatic nitrogens is 1. The highest BCUT2D eigenvalue weighted by atomic mass is 15.3. The Balaban J connectivity index is 1.64. The van der Waals surface area contributed by atoms with Crippen LogP contribution in [0.1, 0.15) is 69.7 Å². The highest BCUT2D eigenvalue weighted by Gasteiger charge is 2.33. The lowest BCUT2D eigenvalue weighted by Gasteiger charge is -2.47. The standard InChI is InChI=1S/C26H45N5/c1-5-31-18-17-27-23-13-6-7-14-24(23)28(2)19-21-11-10-12-22(30(21)4)20-29(3)25-15-8-9-16-26(25)31/h10-12,23-27H,3,5-9,13-20H2,1-2,4H3/t23-,24-,25-,26-/m1/s1. The Labute approximate surface area is 190 Å². The summed E-state index contributed by atoms with van der Waals surface area (Å²) in [5.74, 6) is 0. The van der Waals surface area contributed by atoms with E-state index in [1.54, 1.807) is 0 Å². The zero-order chi connectivity index (χ0) is 21.8. The van der Waals surface area contributed by atoms with E-state index in [-0.39, 0.29) is 0 Å². The van der Waals surface area contributed by atoms with Crippen molar-refractivity contribution in [3.63, 3.8) is 0 Å². The normalized spacial score (nSPS) is 32.5. The summed E-state index contributed by atoms with van der Waals surface area (Å²) in [5, 5.41) is 3.99. The molecule has 174 valence electrons. The highest BCUT2D eigenvalue weighted by Crippen LogP contribution is 2.28. The lowest BCUT2D eigenvalue weighted by Crippen LogP contribution is -2.54. The maximum absolute atomic E-state index is 4.57. The molecule has 31 heavy (non-hydrogen) atoms. The van der Waals surface area contributed by atoms with E-state index < -0.39 is 0 Å². The molecule has 1 aromatic rings. The fourth-order valence-corrected chi connectivity index (χ4v) is 6.47. The summed E-state index contributed by atoms with van der Waals surface area (Å²) in [5.41, 5.74) is 2.78. The Hall–Kier alpha value is -1.01. The SMILES string of the molecule is [CH2-]N1Cc2cccc([n+]2C)CN(C)[C@@H]2CCCC[C@H]2NCCN(CC)[C@@H]2CCCC[C@H]21. The van der Waals surface area contributed by atoms with E-state index in [2.05, 4.69) is 70.8 Å². The Morgan fingerprint density at radius 2 is 1.61 bits per heavy atom. The van der Waals surface area contributed by atoms with Gasteiger partial charge in [0.15, 0.2) is 11.4 Å². The number of hydrogen-bond acceptors (Lipinski definition) is 4. The van der Waals surface area contributed by atoms with Crippen LogP contribution in [0.25, 0.3) is 0 Å². The average Bonchev–Trinajstić information content (AvgIpc) is 2.79. The van der Waals surface area contributed by atoms with Gasteiger partial charge in [0.05, 0.1) is 13.1 Å². The van der Waals surface area contributed by atoms with Gasteiger partial charge < -0.3 is 10.2 Å². The van der Waals surface area contributed by atoms with Crippen LogP contribution in [0.4, 0.5) is 0 Å². The second-order valence-corrected chi connectivity index (χ2v) is 10.2. The minimum Gasteiger partial charge on any atom is -0.447 e. The molecule has 4 rings (SSSR count). The van der Waals surface area contributed by atoms with Crippen molar-refractivity contribution in [1.82, 2.24) is 20.0 Å². The smallest absolute Gasteiger partial charge is 0.195 e. The van der Waals surface area contributed by atoms with E-state index in [1.165, 1.54) is 62.8 Å². The Bertz CT molecular complexity index is 707. The van der Waals surface area contributed by atoms with Gasteiger partial charge in [0.2, 0.25) is 0 Å². The van der Waals surface area contributed by atoms with Crippen molar-refractivity contribution in [3.05, 3.63) is 36.6 Å². The van der Waals surface area contributed by atoms with Crippen molar-refractivity contribution in [2.45, 2.75) is 95.5 Å². The Kier molecular flexibility index (Phi) is 8.02. The predicted molar refractivity (Wildman–Crippen MR) is 127 cm³/mol. The number of nitrogens with one attached hydrogen (secondary N) is 1. The fourth-order valence-electron chi connectivity index (χ4n) is 6.47. The van der Waals surface area contributed by atoms with Crippen LogP contribution in [0, 0.1) is 7.05 Å². The summed E-state index contributed by atoms with van der Waals surface area (Å²) in [6.07, 6.45) is 10.6. The quantitative estimate of drug-likeness (QED) is 0.550. The van der Waals surface area contributed by atoms with Gasteiger partial charge in [-0.25, -0.2) is 4.57 Å². The van der Waals surface area contributed by atoms with Gasteiger partial charge in [-0.1, -0.05) is 32.6 Å². The molecular formula is C26H45N5. The molecule has 2 heterocycles. The number of rotatable bonds is 1. The molecule has 5 heteroatoms. The summed E-state index contributed by atoms with van der Waals surface area (Å²) < 4.78 is 2.43. The van der Waals surface area contributed by atoms with E-state index in [0.29, 0.717) is 24.2 Å². The molecule has 2 fully saturated rings. The molecule has 0 radical (unpaired) electrons. The van der Waals surface area contributed by atoms with E-state index in [4.69, 9.17) is 0 Å². The zero-order valence-corrected chi connectivity index (χ0v) is 20.2. The molecule has 0 saturated heterocycles. The summed E-state index contributed by atoms with van der Waals surface area (Å²) in [6, 6.07) is 9.26. The lowest BCUT2D eigenvalue weighted by molar-refractivity contribution is -0.688. The maximum Gasteiger partial charge on any atom is 0.195 e. The van der Waals surface area contributed by atoms with E-state index in [9.17, 15) is 0 Å². The third-order valence-corrected chi connectivity index (χ3v) is 8.35. The molecular weight excluding hydrogens is 382 g/mol. The number of nitrogens with zero attached hydrogens (tertiary/aromatic N) is 4. The topological polar surface area (TPSA) is 25.6 Å². The second-order valence-electron chi connectivity index (χ2n) is 10.2. The molecule has 1 aliphatic heterocycles. The molecule has 0 amide bonds. The number of hydrogen-bond donors (Lipinski definition) is 1. The number of fused-ring (bicyclic) bond motifs is 4. The van der Waals surface area contributed by atoms with Crippen molar-refractivity contribution in [3.8, 4) is 0 Å². The van der Waals surface area contributed by atoms with Crippen molar-refractivity contribution >= 4 is 0 Å². The van der Waals surface area contributed by atoms with Gasteiger partial charge in [-0.3, -0.25) is 16.8 Å². The van der Waals surface area contributed by atoms with Crippen LogP contribution in [0.2, 0.25) is 0 Å². The van der Waals surface area contributed by atoms with Gasteiger partial charge >= 0.3 is 0 Å². The maximum atomic E-state index is 4.57. The largest absolute Gasteiger partial charge is 0.447 e. The molecule has 0 spiro atoms. The van der Waals surface area contributed by atoms with Crippen LogP contribution in [-0.4, -0.2) is 65.5 Å². The van der Waals surface area contributed by atoms with Gasteiger partial charge in [0.1, 0.15) is 7.05 Å². The van der Waals surface area contributed by atoms with Gasteiger partial charge in [0, 0.05) is 43.3 Å². The van der Waals surface area contributed by atoms with Crippen molar-refractivity contribution in [1.29, 1.82) is 0 Å². The van der Waals surface area contributed by atoms with Gasteiger partial charge in [0.25, 0.3) is 0 Å². The minimum absolute atomic E-state index is 0.549. The number of pyridine rings is 1. The summed E-state index contributed by atoms with van der Waals surface area (Å²) in [4.78, 5) is 7.75. The predicted octanol–water partition coefficient (Wildman–Crippen LogP) is 3.08. The monoisotopic (exact) mass is 427 g/mol. The van der Waals surface area contributed by atoms with E-state index in [1.807, 2.05) is 0 Å². The fraction of sp³-hybridized carbons (Fsp3) is 0.769. The van der Waals surface area contributed by atoms with Crippen molar-refractivity contribution < 1.29 is 4.57 Å². The van der Waals surface area contributed by atoms with Crippen molar-refractivity contribution in [2.75, 3.05) is 26.7 Å². The summed E-state index contributed by atoms with van der Waals surface area (Å²) in [7, 11) is 9.15. The Morgan fingerprint density at radius 3 is 2.35 bits per heavy atom. The van der Waals surface area contributed by atoms with Gasteiger partial charge in [-0.2, -0.15) is 0 Å². The third kappa shape index (κ3) is 5.32. The van der Waals surface area contributed by atoms with Crippen LogP contribution in [0.3, 0.4) is 0 Å². The molecule has 4 atom stereocenters. The molecule has 2 saturated carbocycles. The van der Waals surface area contributed by atoms with Crippen molar-refractivity contribution in [2.24, 2.45) is 7.05 Å². The average molecular weight is 428 g/mol. The van der Waals surface area contributed by atoms with Crippen LogP contribution in [-0.2, 0) is 20.1 Å². The van der Waals surface area contributed by atoms with Crippen LogP contribution in [0.15, 0.2) is 18.2 Å². The molecule has 1 N–H and O–H groups in total. The molecule has 0 unspecified atom stereocenters. The first-order valence-corrected chi connectivity index (χ1v) is 12.8. The second kappa shape index (κ2) is 10.7. The van der Waals surface area contributed by atoms with Crippen LogP contribution >= 0.6 is 0 Å². The molecule has 1 aromatic heterocycles. The van der Waals surface area contributed by atoms with Crippen LogP contribution in [0.5, 0.6) is 0 Å².